The standard InChI is InChI=1S/C20H29BrO3/c1-12-9-13(23)10-19(21)8-5-14-15-3-4-17(24)18(15,2)7-6-16(14)20(12,19)11-22/h12,14-16,22H,3-11H2,1-2H3/t12-,14+,15+,16+,18+,19-,20-/m1/s1. The van der Waals surface area contributed by atoms with Crippen molar-refractivity contribution in [1.82, 2.24) is 0 Å². The topological polar surface area (TPSA) is 54.4 Å². The lowest BCUT2D eigenvalue weighted by molar-refractivity contribution is -0.159. The van der Waals surface area contributed by atoms with Crippen LogP contribution in [0, 0.1) is 34.5 Å². The Kier molecular flexibility index (Phi) is 3.86. The van der Waals surface area contributed by atoms with Gasteiger partial charge >= 0.3 is 0 Å². The molecule has 0 radical (unpaired) electrons. The Bertz CT molecular complexity index is 589. The number of fused-ring (bicyclic) bond motifs is 5. The Morgan fingerprint density at radius 2 is 1.92 bits per heavy atom. The summed E-state index contributed by atoms with van der Waals surface area (Å²) < 4.78 is -0.249. The molecule has 0 spiro atoms. The first-order valence-corrected chi connectivity index (χ1v) is 10.4. The molecule has 4 fully saturated rings. The molecule has 0 aromatic rings. The molecule has 1 N–H and O–H groups in total. The number of hydrogen-bond donors (Lipinski definition) is 1. The van der Waals surface area contributed by atoms with Crippen LogP contribution in [0.25, 0.3) is 0 Å². The molecule has 4 rings (SSSR count). The van der Waals surface area contributed by atoms with Gasteiger partial charge in [0.2, 0.25) is 0 Å². The van der Waals surface area contributed by atoms with Gasteiger partial charge < -0.3 is 5.11 Å². The van der Waals surface area contributed by atoms with Crippen molar-refractivity contribution in [2.24, 2.45) is 34.5 Å². The molecule has 4 saturated carbocycles. The zero-order chi connectivity index (χ0) is 17.3. The maximum Gasteiger partial charge on any atom is 0.139 e. The van der Waals surface area contributed by atoms with Crippen LogP contribution in [0.4, 0.5) is 0 Å². The minimum atomic E-state index is -0.249. The number of Topliss-reactive ketones (excluding diaryl/α,β-unsaturated/α-hetero) is 2. The summed E-state index contributed by atoms with van der Waals surface area (Å²) in [5, 5.41) is 10.6. The molecule has 4 aliphatic rings. The molecule has 0 aliphatic heterocycles. The zero-order valence-electron chi connectivity index (χ0n) is 14.8. The van der Waals surface area contributed by atoms with Crippen LogP contribution in [0.2, 0.25) is 0 Å². The van der Waals surface area contributed by atoms with Gasteiger partial charge in [-0.1, -0.05) is 29.8 Å². The third kappa shape index (κ3) is 1.93. The molecule has 0 aromatic carbocycles. The van der Waals surface area contributed by atoms with Gasteiger partial charge in [-0.2, -0.15) is 0 Å². The minimum absolute atomic E-state index is 0.127. The summed E-state index contributed by atoms with van der Waals surface area (Å²) in [6, 6.07) is 0. The van der Waals surface area contributed by atoms with E-state index in [0.29, 0.717) is 42.2 Å². The minimum Gasteiger partial charge on any atom is -0.396 e. The first kappa shape index (κ1) is 17.2. The average Bonchev–Trinajstić information content (AvgIpc) is 2.82. The maximum atomic E-state index is 12.5. The number of carbonyl (C=O) groups excluding carboxylic acids is 2. The molecule has 0 amide bonds. The smallest absolute Gasteiger partial charge is 0.139 e. The van der Waals surface area contributed by atoms with Crippen LogP contribution in [0.3, 0.4) is 0 Å². The summed E-state index contributed by atoms with van der Waals surface area (Å²) in [4.78, 5) is 24.8. The van der Waals surface area contributed by atoms with Crippen molar-refractivity contribution in [1.29, 1.82) is 0 Å². The summed E-state index contributed by atoms with van der Waals surface area (Å²) in [6.07, 6.45) is 6.94. The quantitative estimate of drug-likeness (QED) is 0.683. The van der Waals surface area contributed by atoms with E-state index in [4.69, 9.17) is 0 Å². The van der Waals surface area contributed by atoms with Gasteiger partial charge in [0.1, 0.15) is 11.6 Å². The van der Waals surface area contributed by atoms with Crippen LogP contribution < -0.4 is 0 Å². The molecule has 0 heterocycles. The first-order valence-electron chi connectivity index (χ1n) is 9.63. The highest BCUT2D eigenvalue weighted by Crippen LogP contribution is 2.69. The molecular weight excluding hydrogens is 368 g/mol. The van der Waals surface area contributed by atoms with E-state index in [0.717, 1.165) is 38.5 Å². The Labute approximate surface area is 153 Å². The number of ketones is 2. The third-order valence-electron chi connectivity index (χ3n) is 8.67. The van der Waals surface area contributed by atoms with Crippen LogP contribution >= 0.6 is 15.9 Å². The van der Waals surface area contributed by atoms with E-state index in [9.17, 15) is 14.7 Å². The molecule has 4 heteroatoms. The van der Waals surface area contributed by atoms with Gasteiger partial charge in [-0.25, -0.2) is 0 Å². The fraction of sp³-hybridized carbons (Fsp3) is 0.900. The van der Waals surface area contributed by atoms with Gasteiger partial charge in [0, 0.05) is 34.4 Å². The normalized spacial score (nSPS) is 54.2. The number of aliphatic hydroxyl groups excluding tert-OH is 1. The number of rotatable bonds is 1. The average molecular weight is 397 g/mol. The van der Waals surface area contributed by atoms with E-state index < -0.39 is 0 Å². The highest BCUT2D eigenvalue weighted by Gasteiger charge is 2.67. The lowest BCUT2D eigenvalue weighted by Gasteiger charge is -2.65. The van der Waals surface area contributed by atoms with E-state index in [1.54, 1.807) is 0 Å². The Balaban J connectivity index is 1.76. The van der Waals surface area contributed by atoms with Crippen molar-refractivity contribution < 1.29 is 14.7 Å². The lowest BCUT2D eigenvalue weighted by Crippen LogP contribution is -2.65. The Morgan fingerprint density at radius 3 is 2.62 bits per heavy atom. The summed E-state index contributed by atoms with van der Waals surface area (Å²) in [5.41, 5.74) is -0.339. The zero-order valence-corrected chi connectivity index (χ0v) is 16.4. The first-order chi connectivity index (χ1) is 11.3. The maximum absolute atomic E-state index is 12.5. The van der Waals surface area contributed by atoms with E-state index in [-0.39, 0.29) is 27.7 Å². The Hall–Kier alpha value is -0.220. The van der Waals surface area contributed by atoms with E-state index >= 15 is 0 Å². The van der Waals surface area contributed by atoms with Crippen LogP contribution in [-0.4, -0.2) is 27.6 Å². The predicted octanol–water partition coefficient (Wildman–Crippen LogP) is 3.90. The van der Waals surface area contributed by atoms with Gasteiger partial charge in [-0.3, -0.25) is 9.59 Å². The molecule has 0 saturated heterocycles. The molecule has 0 aromatic heterocycles. The summed E-state index contributed by atoms with van der Waals surface area (Å²) in [5.74, 6) is 2.45. The fourth-order valence-electron chi connectivity index (χ4n) is 7.44. The van der Waals surface area contributed by atoms with Gasteiger partial charge in [0.05, 0.1) is 6.61 Å². The van der Waals surface area contributed by atoms with E-state index in [1.165, 1.54) is 0 Å². The second-order valence-electron chi connectivity index (χ2n) is 9.32. The number of aliphatic hydroxyl groups is 1. The second-order valence-corrected chi connectivity index (χ2v) is 10.8. The molecular formula is C20H29BrO3. The third-order valence-corrected chi connectivity index (χ3v) is 10.1. The van der Waals surface area contributed by atoms with Crippen molar-refractivity contribution in [2.75, 3.05) is 6.61 Å². The molecule has 0 unspecified atom stereocenters. The van der Waals surface area contributed by atoms with Crippen molar-refractivity contribution in [2.45, 2.75) is 69.5 Å². The summed E-state index contributed by atoms with van der Waals surface area (Å²) in [6.45, 7) is 4.52. The van der Waals surface area contributed by atoms with Crippen molar-refractivity contribution in [3.05, 3.63) is 0 Å². The van der Waals surface area contributed by atoms with Crippen LogP contribution in [-0.2, 0) is 9.59 Å². The molecule has 7 atom stereocenters. The monoisotopic (exact) mass is 396 g/mol. The predicted molar refractivity (Wildman–Crippen MR) is 95.9 cm³/mol. The highest BCUT2D eigenvalue weighted by atomic mass is 79.9. The van der Waals surface area contributed by atoms with Gasteiger partial charge in [0.25, 0.3) is 0 Å². The van der Waals surface area contributed by atoms with Crippen LogP contribution in [0.1, 0.15) is 65.2 Å². The van der Waals surface area contributed by atoms with Gasteiger partial charge in [0.15, 0.2) is 0 Å². The Morgan fingerprint density at radius 1 is 1.17 bits per heavy atom. The van der Waals surface area contributed by atoms with Gasteiger partial charge in [-0.15, -0.1) is 0 Å². The lowest BCUT2D eigenvalue weighted by atomic mass is 9.42. The number of alkyl halides is 1. The van der Waals surface area contributed by atoms with Gasteiger partial charge in [-0.05, 0) is 55.8 Å². The molecule has 0 bridgehead atoms. The summed E-state index contributed by atoms with van der Waals surface area (Å²) in [7, 11) is 0. The number of hydrogen-bond acceptors (Lipinski definition) is 3. The van der Waals surface area contributed by atoms with Crippen LogP contribution in [0.15, 0.2) is 0 Å². The van der Waals surface area contributed by atoms with Crippen LogP contribution in [0.5, 0.6) is 0 Å². The molecule has 4 aliphatic carbocycles. The molecule has 134 valence electrons. The van der Waals surface area contributed by atoms with E-state index in [2.05, 4.69) is 29.8 Å². The SMILES string of the molecule is C[C@@H]1CC(=O)C[C@]2(Br)CC[C@@H]3[C@H](CC[C@]4(C)C(=O)CC[C@@H]34)[C@@]12CO. The van der Waals surface area contributed by atoms with Crippen molar-refractivity contribution in [3.8, 4) is 0 Å². The molecule has 24 heavy (non-hydrogen) atoms. The van der Waals surface area contributed by atoms with Crippen molar-refractivity contribution >= 4 is 27.5 Å². The number of carbonyl (C=O) groups is 2. The van der Waals surface area contributed by atoms with Crippen molar-refractivity contribution in [3.63, 3.8) is 0 Å². The molecule has 3 nitrogen and oxygen atoms in total. The van der Waals surface area contributed by atoms with E-state index in [1.807, 2.05) is 0 Å². The number of halogens is 1. The fourth-order valence-corrected chi connectivity index (χ4v) is 8.80. The summed E-state index contributed by atoms with van der Waals surface area (Å²) >= 11 is 3.98. The highest BCUT2D eigenvalue weighted by molar-refractivity contribution is 9.10. The largest absolute Gasteiger partial charge is 0.396 e. The second kappa shape index (κ2) is 5.39.